The Kier molecular flexibility index (Phi) is 6.72. The van der Waals surface area contributed by atoms with Gasteiger partial charge in [-0.2, -0.15) is 33.3 Å². The van der Waals surface area contributed by atoms with Crippen LogP contribution in [0.15, 0.2) is 71.2 Å². The lowest BCUT2D eigenvalue weighted by atomic mass is 10.00. The molecule has 0 unspecified atom stereocenters. The van der Waals surface area contributed by atoms with Gasteiger partial charge in [0, 0.05) is 30.1 Å². The first-order chi connectivity index (χ1) is 16.9. The number of hydrogen-bond acceptors (Lipinski definition) is 4. The minimum atomic E-state index is -4.61. The number of alkyl halides is 5. The average molecular weight is 522 g/mol. The van der Waals surface area contributed by atoms with E-state index in [1.807, 2.05) is 0 Å². The minimum absolute atomic E-state index is 0.0505. The summed E-state index contributed by atoms with van der Waals surface area (Å²) < 4.78 is 68.9. The van der Waals surface area contributed by atoms with Crippen molar-refractivity contribution >= 4 is 34.6 Å². The molecule has 0 saturated carbocycles. The second-order valence-electron chi connectivity index (χ2n) is 8.03. The Hall–Kier alpha value is -3.93. The number of anilines is 2. The van der Waals surface area contributed by atoms with Crippen LogP contribution in [0.5, 0.6) is 0 Å². The number of carbonyl (C=O) groups excluding carboxylic acids is 2. The van der Waals surface area contributed by atoms with Crippen molar-refractivity contribution in [3.63, 3.8) is 0 Å². The number of nitrogens with zero attached hydrogens (tertiary/aromatic N) is 1. The van der Waals surface area contributed by atoms with Crippen LogP contribution in [0.4, 0.5) is 38.1 Å². The van der Waals surface area contributed by atoms with Crippen molar-refractivity contribution < 1.29 is 31.5 Å². The van der Waals surface area contributed by atoms with E-state index in [1.54, 1.807) is 28.8 Å². The number of halogens is 5. The zero-order valence-corrected chi connectivity index (χ0v) is 19.4. The third-order valence-corrected chi connectivity index (χ3v) is 5.95. The Morgan fingerprint density at radius 3 is 2.33 bits per heavy atom. The number of nitrogens with one attached hydrogen (secondary N) is 3. The number of carbonyl (C=O) groups is 2. The third-order valence-electron chi connectivity index (χ3n) is 5.27. The summed E-state index contributed by atoms with van der Waals surface area (Å²) >= 11 is 1.34. The molecular formula is C24H19F5N4O2S. The highest BCUT2D eigenvalue weighted by Gasteiger charge is 2.42. The van der Waals surface area contributed by atoms with Crippen LogP contribution >= 0.6 is 11.3 Å². The molecule has 1 aromatic heterocycles. The quantitative estimate of drug-likeness (QED) is 0.344. The summed E-state index contributed by atoms with van der Waals surface area (Å²) in [6.45, 7) is 0.321. The molecule has 0 saturated heterocycles. The minimum Gasteiger partial charge on any atom is -0.373 e. The van der Waals surface area contributed by atoms with Crippen molar-refractivity contribution in [3.8, 4) is 11.1 Å². The molecule has 12 heteroatoms. The molecule has 0 atom stereocenters. The molecule has 188 valence electrons. The number of benzene rings is 2. The van der Waals surface area contributed by atoms with E-state index in [0.29, 0.717) is 23.4 Å². The van der Waals surface area contributed by atoms with Gasteiger partial charge >= 0.3 is 18.1 Å². The second-order valence-corrected chi connectivity index (χ2v) is 8.81. The Morgan fingerprint density at radius 1 is 0.944 bits per heavy atom. The lowest BCUT2D eigenvalue weighted by molar-refractivity contribution is -0.146. The Balaban J connectivity index is 1.60. The predicted molar refractivity (Wildman–Crippen MR) is 127 cm³/mol. The molecule has 0 bridgehead atoms. The monoisotopic (exact) mass is 522 g/mol. The standard InChI is InChI=1S/C24H19F5N4O2S/c1-33-11-18(12-33)30-21(34)23(25,26)15-5-6-19(14-7-8-36-13-14)20(10-15)32-22(35)31-17-4-2-3-16(9-17)24(27,28)29/h2-11,13H,12H2,1H3,(H,30,34)(H2,31,32,35). The van der Waals surface area contributed by atoms with Crippen molar-refractivity contribution in [2.24, 2.45) is 0 Å². The normalized spacial score (nSPS) is 13.5. The number of amides is 3. The summed E-state index contributed by atoms with van der Waals surface area (Å²) in [6, 6.07) is 8.16. The smallest absolute Gasteiger partial charge is 0.373 e. The van der Waals surface area contributed by atoms with E-state index >= 15 is 0 Å². The molecule has 3 amide bonds. The number of hydrogen-bond donors (Lipinski definition) is 3. The molecule has 0 aliphatic carbocycles. The molecular weight excluding hydrogens is 503 g/mol. The van der Waals surface area contributed by atoms with Gasteiger partial charge in [0.1, 0.15) is 0 Å². The second kappa shape index (κ2) is 9.61. The first-order valence-electron chi connectivity index (χ1n) is 10.5. The van der Waals surface area contributed by atoms with Gasteiger partial charge in [0.25, 0.3) is 5.91 Å². The van der Waals surface area contributed by atoms with Gasteiger partial charge in [-0.15, -0.1) is 0 Å². The lowest BCUT2D eigenvalue weighted by Crippen LogP contribution is -2.43. The van der Waals surface area contributed by atoms with E-state index in [4.69, 9.17) is 0 Å². The van der Waals surface area contributed by atoms with Crippen LogP contribution in [0, 0.1) is 0 Å². The van der Waals surface area contributed by atoms with Gasteiger partial charge in [-0.1, -0.05) is 18.2 Å². The SMILES string of the molecule is CN1C=C(NC(=O)C(F)(F)c2ccc(-c3ccsc3)c(NC(=O)Nc3cccc(C(F)(F)F)c3)c2)C1. The Labute approximate surface area is 206 Å². The van der Waals surface area contributed by atoms with Crippen molar-refractivity contribution in [1.29, 1.82) is 0 Å². The number of rotatable bonds is 6. The fourth-order valence-corrected chi connectivity index (χ4v) is 4.16. The van der Waals surface area contributed by atoms with Crippen molar-refractivity contribution in [1.82, 2.24) is 10.2 Å². The fourth-order valence-electron chi connectivity index (χ4n) is 3.51. The Morgan fingerprint density at radius 2 is 1.69 bits per heavy atom. The van der Waals surface area contributed by atoms with E-state index in [1.165, 1.54) is 29.7 Å². The van der Waals surface area contributed by atoms with E-state index in [9.17, 15) is 31.5 Å². The van der Waals surface area contributed by atoms with Crippen molar-refractivity contribution in [2.75, 3.05) is 24.2 Å². The fraction of sp³-hybridized carbons (Fsp3) is 0.167. The van der Waals surface area contributed by atoms with Crippen molar-refractivity contribution in [3.05, 3.63) is 82.3 Å². The summed E-state index contributed by atoms with van der Waals surface area (Å²) in [4.78, 5) is 26.6. The maximum atomic E-state index is 15.0. The van der Waals surface area contributed by atoms with Crippen LogP contribution in [0.3, 0.4) is 0 Å². The van der Waals surface area contributed by atoms with Crippen LogP contribution < -0.4 is 16.0 Å². The molecule has 0 radical (unpaired) electrons. The van der Waals surface area contributed by atoms with Gasteiger partial charge < -0.3 is 20.9 Å². The highest BCUT2D eigenvalue weighted by atomic mass is 32.1. The predicted octanol–water partition coefficient (Wildman–Crippen LogP) is 6.07. The largest absolute Gasteiger partial charge is 0.416 e. The van der Waals surface area contributed by atoms with Gasteiger partial charge in [-0.05, 0) is 46.7 Å². The van der Waals surface area contributed by atoms with Crippen LogP contribution in [0.1, 0.15) is 11.1 Å². The van der Waals surface area contributed by atoms with E-state index in [0.717, 1.165) is 30.3 Å². The van der Waals surface area contributed by atoms with Gasteiger partial charge in [-0.25, -0.2) is 4.79 Å². The van der Waals surface area contributed by atoms with Crippen LogP contribution in [-0.2, 0) is 16.9 Å². The van der Waals surface area contributed by atoms with Crippen LogP contribution in [0.25, 0.3) is 11.1 Å². The zero-order chi connectivity index (χ0) is 26.1. The average Bonchev–Trinajstić information content (AvgIpc) is 3.32. The zero-order valence-electron chi connectivity index (χ0n) is 18.6. The molecule has 4 rings (SSSR count). The first-order valence-corrected chi connectivity index (χ1v) is 11.4. The van der Waals surface area contributed by atoms with E-state index in [-0.39, 0.29) is 11.4 Å². The highest BCUT2D eigenvalue weighted by Crippen LogP contribution is 2.37. The number of urea groups is 1. The summed E-state index contributed by atoms with van der Waals surface area (Å²) in [7, 11) is 1.72. The lowest BCUT2D eigenvalue weighted by Gasteiger charge is -2.28. The maximum Gasteiger partial charge on any atom is 0.416 e. The number of thiophene rings is 1. The molecule has 2 heterocycles. The molecule has 1 aliphatic rings. The van der Waals surface area contributed by atoms with E-state index in [2.05, 4.69) is 16.0 Å². The molecule has 1 aliphatic heterocycles. The van der Waals surface area contributed by atoms with Gasteiger partial charge in [0.2, 0.25) is 0 Å². The van der Waals surface area contributed by atoms with Crippen LogP contribution in [0.2, 0.25) is 0 Å². The van der Waals surface area contributed by atoms with Gasteiger partial charge in [-0.3, -0.25) is 4.79 Å². The molecule has 6 nitrogen and oxygen atoms in total. The summed E-state index contributed by atoms with van der Waals surface area (Å²) in [5, 5.41) is 10.4. The van der Waals surface area contributed by atoms with E-state index < -0.39 is 35.2 Å². The number of likely N-dealkylation sites (N-methyl/N-ethyl adjacent to an activating group) is 1. The highest BCUT2D eigenvalue weighted by molar-refractivity contribution is 7.08. The molecule has 3 aromatic rings. The topological polar surface area (TPSA) is 73.5 Å². The van der Waals surface area contributed by atoms with Crippen LogP contribution in [-0.4, -0.2) is 30.4 Å². The van der Waals surface area contributed by atoms with Gasteiger partial charge in [0.15, 0.2) is 0 Å². The Bertz CT molecular complexity index is 1320. The molecule has 0 fully saturated rings. The summed E-state index contributed by atoms with van der Waals surface area (Å²) in [5.74, 6) is -5.44. The van der Waals surface area contributed by atoms with Crippen molar-refractivity contribution in [2.45, 2.75) is 12.1 Å². The maximum absolute atomic E-state index is 15.0. The summed E-state index contributed by atoms with van der Waals surface area (Å²) in [6.07, 6.45) is -3.09. The third kappa shape index (κ3) is 5.48. The van der Waals surface area contributed by atoms with Gasteiger partial charge in [0.05, 0.1) is 23.5 Å². The first kappa shape index (κ1) is 25.2. The summed E-state index contributed by atoms with van der Waals surface area (Å²) in [5.41, 5.74) is -0.461. The molecule has 2 aromatic carbocycles. The molecule has 0 spiro atoms. The molecule has 3 N–H and O–H groups in total. The molecule has 36 heavy (non-hydrogen) atoms.